The van der Waals surface area contributed by atoms with Gasteiger partial charge in [-0.1, -0.05) is 18.2 Å². The van der Waals surface area contributed by atoms with Crippen molar-refractivity contribution in [2.24, 2.45) is 0 Å². The molecule has 0 saturated heterocycles. The molecule has 0 aliphatic rings. The summed E-state index contributed by atoms with van der Waals surface area (Å²) in [6, 6.07) is 9.70. The zero-order valence-electron chi connectivity index (χ0n) is 9.87. The summed E-state index contributed by atoms with van der Waals surface area (Å²) in [5.41, 5.74) is 18.4. The van der Waals surface area contributed by atoms with Crippen LogP contribution in [0.15, 0.2) is 41.3 Å². The van der Waals surface area contributed by atoms with Gasteiger partial charge in [0.05, 0.1) is 11.4 Å². The van der Waals surface area contributed by atoms with Gasteiger partial charge in [0.1, 0.15) is 4.90 Å². The van der Waals surface area contributed by atoms with E-state index in [1.807, 2.05) is 0 Å². The molecule has 2 rings (SSSR count). The minimum atomic E-state index is -4.48. The monoisotopic (exact) mass is 279 g/mol. The second kappa shape index (κ2) is 4.45. The van der Waals surface area contributed by atoms with Gasteiger partial charge in [-0.05, 0) is 23.8 Å². The first-order chi connectivity index (χ1) is 8.80. The number of rotatable bonds is 2. The van der Waals surface area contributed by atoms with Gasteiger partial charge < -0.3 is 17.2 Å². The molecule has 7 heteroatoms. The highest BCUT2D eigenvalue weighted by molar-refractivity contribution is 7.86. The summed E-state index contributed by atoms with van der Waals surface area (Å²) in [6.45, 7) is 0. The molecule has 100 valence electrons. The van der Waals surface area contributed by atoms with Gasteiger partial charge in [0.25, 0.3) is 10.1 Å². The molecule has 0 radical (unpaired) electrons. The van der Waals surface area contributed by atoms with Gasteiger partial charge in [0, 0.05) is 11.3 Å². The maximum atomic E-state index is 11.3. The number of nitrogen functional groups attached to an aromatic ring is 3. The molecule has 0 saturated carbocycles. The second-order valence-corrected chi connectivity index (χ2v) is 5.40. The highest BCUT2D eigenvalue weighted by Gasteiger charge is 2.20. The van der Waals surface area contributed by atoms with Gasteiger partial charge in [-0.25, -0.2) is 0 Å². The molecule has 19 heavy (non-hydrogen) atoms. The second-order valence-electron chi connectivity index (χ2n) is 4.04. The lowest BCUT2D eigenvalue weighted by Gasteiger charge is -2.12. The summed E-state index contributed by atoms with van der Waals surface area (Å²) in [4.78, 5) is -0.471. The van der Waals surface area contributed by atoms with E-state index in [0.29, 0.717) is 16.8 Å². The minimum Gasteiger partial charge on any atom is -0.399 e. The fourth-order valence-electron chi connectivity index (χ4n) is 1.82. The van der Waals surface area contributed by atoms with E-state index in [2.05, 4.69) is 0 Å². The van der Waals surface area contributed by atoms with Crippen LogP contribution in [0.3, 0.4) is 0 Å². The lowest BCUT2D eigenvalue weighted by atomic mass is 10.0. The van der Waals surface area contributed by atoms with E-state index in [9.17, 15) is 8.42 Å². The van der Waals surface area contributed by atoms with Crippen molar-refractivity contribution in [3.05, 3.63) is 36.4 Å². The molecule has 0 atom stereocenters. The zero-order chi connectivity index (χ0) is 14.2. The highest BCUT2D eigenvalue weighted by atomic mass is 32.2. The van der Waals surface area contributed by atoms with Crippen LogP contribution in [-0.4, -0.2) is 13.0 Å². The fraction of sp³-hybridized carbons (Fsp3) is 0. The maximum absolute atomic E-state index is 11.3. The molecule has 0 fully saturated rings. The SMILES string of the molecule is Nc1ccc(-c2ccc(N)c(S(=O)(=O)O)c2N)cc1. The smallest absolute Gasteiger partial charge is 0.298 e. The Hall–Kier alpha value is -2.25. The standard InChI is InChI=1S/C12H13N3O3S/c13-8-3-1-7(2-4-8)9-5-6-10(14)12(11(9)15)19(16,17)18/h1-6H,13-15H2,(H,16,17,18). The van der Waals surface area contributed by atoms with E-state index in [4.69, 9.17) is 21.8 Å². The largest absolute Gasteiger partial charge is 0.399 e. The van der Waals surface area contributed by atoms with Gasteiger partial charge in [-0.15, -0.1) is 0 Å². The summed E-state index contributed by atoms with van der Waals surface area (Å²) >= 11 is 0. The molecule has 0 spiro atoms. The van der Waals surface area contributed by atoms with Crippen molar-refractivity contribution in [1.29, 1.82) is 0 Å². The molecular weight excluding hydrogens is 266 g/mol. The molecule has 7 N–H and O–H groups in total. The number of hydrogen-bond acceptors (Lipinski definition) is 5. The van der Waals surface area contributed by atoms with Crippen LogP contribution < -0.4 is 17.2 Å². The van der Waals surface area contributed by atoms with E-state index in [1.54, 1.807) is 30.3 Å². The molecule has 0 unspecified atom stereocenters. The minimum absolute atomic E-state index is 0.0905. The number of hydrogen-bond donors (Lipinski definition) is 4. The van der Waals surface area contributed by atoms with Crippen LogP contribution in [0.2, 0.25) is 0 Å². The molecule has 0 bridgehead atoms. The third kappa shape index (κ3) is 2.47. The third-order valence-electron chi connectivity index (χ3n) is 2.71. The van der Waals surface area contributed by atoms with Crippen LogP contribution in [0.4, 0.5) is 17.1 Å². The van der Waals surface area contributed by atoms with Crippen molar-refractivity contribution in [2.75, 3.05) is 17.2 Å². The first kappa shape index (κ1) is 13.2. The molecule has 0 heterocycles. The number of nitrogens with two attached hydrogens (primary N) is 3. The molecule has 0 aliphatic carbocycles. The summed E-state index contributed by atoms with van der Waals surface area (Å²) < 4.78 is 31.7. The lowest BCUT2D eigenvalue weighted by molar-refractivity contribution is 0.484. The normalized spacial score (nSPS) is 11.4. The van der Waals surface area contributed by atoms with Crippen molar-refractivity contribution in [2.45, 2.75) is 4.90 Å². The molecule has 2 aromatic carbocycles. The Morgan fingerprint density at radius 2 is 1.47 bits per heavy atom. The predicted molar refractivity (Wildman–Crippen MR) is 74.9 cm³/mol. The predicted octanol–water partition coefficient (Wildman–Crippen LogP) is 1.35. The average molecular weight is 279 g/mol. The van der Waals surface area contributed by atoms with Crippen molar-refractivity contribution < 1.29 is 13.0 Å². The Kier molecular flexibility index (Phi) is 3.09. The van der Waals surface area contributed by atoms with Crippen LogP contribution in [0, 0.1) is 0 Å². The van der Waals surface area contributed by atoms with Crippen LogP contribution in [0.5, 0.6) is 0 Å². The summed E-state index contributed by atoms with van der Waals surface area (Å²) in [6.07, 6.45) is 0. The van der Waals surface area contributed by atoms with Gasteiger partial charge in [0.15, 0.2) is 0 Å². The Morgan fingerprint density at radius 1 is 0.895 bits per heavy atom. The first-order valence-electron chi connectivity index (χ1n) is 5.32. The Bertz CT molecular complexity index is 725. The Balaban J connectivity index is 2.70. The van der Waals surface area contributed by atoms with Crippen molar-refractivity contribution in [1.82, 2.24) is 0 Å². The average Bonchev–Trinajstić information content (AvgIpc) is 2.29. The van der Waals surface area contributed by atoms with Gasteiger partial charge in [0.2, 0.25) is 0 Å². The van der Waals surface area contributed by atoms with E-state index in [1.165, 1.54) is 6.07 Å². The van der Waals surface area contributed by atoms with Crippen molar-refractivity contribution in [3.8, 4) is 11.1 Å². The Labute approximate surface area is 110 Å². The zero-order valence-corrected chi connectivity index (χ0v) is 10.7. The van der Waals surface area contributed by atoms with Gasteiger partial charge in [-0.3, -0.25) is 4.55 Å². The van der Waals surface area contributed by atoms with E-state index in [0.717, 1.165) is 0 Å². The van der Waals surface area contributed by atoms with E-state index in [-0.39, 0.29) is 11.4 Å². The van der Waals surface area contributed by atoms with Crippen LogP contribution in [0.1, 0.15) is 0 Å². The first-order valence-corrected chi connectivity index (χ1v) is 6.76. The molecule has 2 aromatic rings. The molecule has 0 aromatic heterocycles. The quantitative estimate of drug-likeness (QED) is 0.484. The molecule has 0 amide bonds. The number of benzene rings is 2. The fourth-order valence-corrected chi connectivity index (χ4v) is 2.57. The van der Waals surface area contributed by atoms with E-state index >= 15 is 0 Å². The number of anilines is 3. The topological polar surface area (TPSA) is 132 Å². The van der Waals surface area contributed by atoms with Crippen LogP contribution in [0.25, 0.3) is 11.1 Å². The van der Waals surface area contributed by atoms with Gasteiger partial charge in [-0.2, -0.15) is 8.42 Å². The highest BCUT2D eigenvalue weighted by Crippen LogP contribution is 2.35. The van der Waals surface area contributed by atoms with Crippen molar-refractivity contribution >= 4 is 27.2 Å². The summed E-state index contributed by atoms with van der Waals surface area (Å²) in [7, 11) is -4.48. The lowest BCUT2D eigenvalue weighted by Crippen LogP contribution is -2.08. The third-order valence-corrected chi connectivity index (χ3v) is 3.68. The summed E-state index contributed by atoms with van der Waals surface area (Å²) in [5, 5.41) is 0. The van der Waals surface area contributed by atoms with E-state index < -0.39 is 15.0 Å². The van der Waals surface area contributed by atoms with Crippen LogP contribution >= 0.6 is 0 Å². The van der Waals surface area contributed by atoms with Crippen molar-refractivity contribution in [3.63, 3.8) is 0 Å². The van der Waals surface area contributed by atoms with Gasteiger partial charge >= 0.3 is 0 Å². The Morgan fingerprint density at radius 3 is 2.00 bits per heavy atom. The summed E-state index contributed by atoms with van der Waals surface area (Å²) in [5.74, 6) is 0. The molecule has 6 nitrogen and oxygen atoms in total. The molecule has 0 aliphatic heterocycles. The maximum Gasteiger partial charge on any atom is 0.298 e. The molecular formula is C12H13N3O3S. The van der Waals surface area contributed by atoms with Crippen LogP contribution in [-0.2, 0) is 10.1 Å².